The normalized spacial score (nSPS) is 10.9. The molecule has 2 aromatic heterocycles. The molecule has 16 heavy (non-hydrogen) atoms. The van der Waals surface area contributed by atoms with E-state index in [1.165, 1.54) is 0 Å². The third-order valence-electron chi connectivity index (χ3n) is 2.20. The van der Waals surface area contributed by atoms with E-state index in [0.29, 0.717) is 23.3 Å². The van der Waals surface area contributed by atoms with Crippen molar-refractivity contribution in [2.75, 3.05) is 5.73 Å². The van der Waals surface area contributed by atoms with Gasteiger partial charge in [-0.05, 0) is 18.4 Å². The monoisotopic (exact) mass is 218 g/mol. The van der Waals surface area contributed by atoms with Crippen LogP contribution in [0.1, 0.15) is 19.4 Å². The molecule has 0 aliphatic carbocycles. The van der Waals surface area contributed by atoms with Crippen LogP contribution in [0.4, 0.5) is 5.82 Å². The van der Waals surface area contributed by atoms with Gasteiger partial charge in [-0.15, -0.1) is 0 Å². The predicted octanol–water partition coefficient (Wildman–Crippen LogP) is 1.91. The van der Waals surface area contributed by atoms with Crippen LogP contribution in [-0.4, -0.2) is 15.1 Å². The largest absolute Gasteiger partial charge is 0.381 e. The van der Waals surface area contributed by atoms with Gasteiger partial charge in [-0.25, -0.2) is 9.97 Å². The minimum Gasteiger partial charge on any atom is -0.381 e. The molecule has 2 rings (SSSR count). The van der Waals surface area contributed by atoms with Gasteiger partial charge in [0.15, 0.2) is 11.6 Å². The highest BCUT2D eigenvalue weighted by atomic mass is 16.5. The number of anilines is 1. The third kappa shape index (κ3) is 2.03. The van der Waals surface area contributed by atoms with Gasteiger partial charge in [0, 0.05) is 18.0 Å². The van der Waals surface area contributed by atoms with Gasteiger partial charge in [-0.1, -0.05) is 19.0 Å². The molecule has 0 aliphatic heterocycles. The lowest BCUT2D eigenvalue weighted by Crippen LogP contribution is -2.00. The Morgan fingerprint density at radius 3 is 2.62 bits per heavy atom. The lowest BCUT2D eigenvalue weighted by Gasteiger charge is -2.03. The van der Waals surface area contributed by atoms with E-state index in [0.717, 1.165) is 12.0 Å². The molecule has 0 amide bonds. The molecule has 2 aromatic rings. The smallest absolute Gasteiger partial charge is 0.209 e. The number of rotatable bonds is 3. The maximum atomic E-state index is 5.77. The summed E-state index contributed by atoms with van der Waals surface area (Å²) in [5, 5.41) is 3.77. The Balaban J connectivity index is 2.42. The first kappa shape index (κ1) is 10.6. The SMILES string of the molecule is CC(C)Cc1c(N)noc1-c1ncccn1. The summed E-state index contributed by atoms with van der Waals surface area (Å²) in [4.78, 5) is 8.26. The fourth-order valence-corrected chi connectivity index (χ4v) is 1.52. The van der Waals surface area contributed by atoms with Crippen LogP contribution in [-0.2, 0) is 6.42 Å². The van der Waals surface area contributed by atoms with E-state index >= 15 is 0 Å². The predicted molar refractivity (Wildman–Crippen MR) is 60.5 cm³/mol. The molecule has 2 heterocycles. The second-order valence-electron chi connectivity index (χ2n) is 4.05. The van der Waals surface area contributed by atoms with Crippen molar-refractivity contribution in [3.05, 3.63) is 24.0 Å². The first-order valence-electron chi connectivity index (χ1n) is 5.20. The van der Waals surface area contributed by atoms with E-state index in [1.807, 2.05) is 0 Å². The molecular formula is C11H14N4O. The Bertz CT molecular complexity index is 464. The van der Waals surface area contributed by atoms with Crippen LogP contribution in [0, 0.1) is 5.92 Å². The summed E-state index contributed by atoms with van der Waals surface area (Å²) in [5.74, 6) is 2.01. The maximum Gasteiger partial charge on any atom is 0.209 e. The minimum absolute atomic E-state index is 0.427. The van der Waals surface area contributed by atoms with Gasteiger partial charge >= 0.3 is 0 Å². The third-order valence-corrected chi connectivity index (χ3v) is 2.20. The number of aromatic nitrogens is 3. The highest BCUT2D eigenvalue weighted by Gasteiger charge is 2.18. The molecular weight excluding hydrogens is 204 g/mol. The van der Waals surface area contributed by atoms with Crippen LogP contribution in [0.15, 0.2) is 23.0 Å². The van der Waals surface area contributed by atoms with E-state index in [4.69, 9.17) is 10.3 Å². The summed E-state index contributed by atoms with van der Waals surface area (Å²) >= 11 is 0. The Labute approximate surface area is 93.7 Å². The van der Waals surface area contributed by atoms with Gasteiger partial charge in [0.25, 0.3) is 0 Å². The van der Waals surface area contributed by atoms with Gasteiger partial charge in [-0.2, -0.15) is 0 Å². The molecule has 0 aromatic carbocycles. The van der Waals surface area contributed by atoms with Crippen LogP contribution in [0.3, 0.4) is 0 Å². The van der Waals surface area contributed by atoms with Crippen molar-refractivity contribution in [3.8, 4) is 11.6 Å². The van der Waals surface area contributed by atoms with Crippen LogP contribution < -0.4 is 5.73 Å². The molecule has 0 radical (unpaired) electrons. The zero-order valence-electron chi connectivity index (χ0n) is 9.34. The van der Waals surface area contributed by atoms with E-state index in [-0.39, 0.29) is 0 Å². The van der Waals surface area contributed by atoms with Crippen LogP contribution >= 0.6 is 0 Å². The minimum atomic E-state index is 0.427. The summed E-state index contributed by atoms with van der Waals surface area (Å²) in [5.41, 5.74) is 6.66. The van der Waals surface area contributed by atoms with Crippen molar-refractivity contribution in [1.82, 2.24) is 15.1 Å². The summed E-state index contributed by atoms with van der Waals surface area (Å²) in [7, 11) is 0. The van der Waals surface area contributed by atoms with Crippen molar-refractivity contribution in [2.45, 2.75) is 20.3 Å². The number of hydrogen-bond acceptors (Lipinski definition) is 5. The summed E-state index contributed by atoms with van der Waals surface area (Å²) in [6.45, 7) is 4.23. The van der Waals surface area contributed by atoms with Gasteiger partial charge in [0.2, 0.25) is 5.76 Å². The molecule has 0 atom stereocenters. The molecule has 0 spiro atoms. The van der Waals surface area contributed by atoms with Crippen molar-refractivity contribution < 1.29 is 4.52 Å². The average molecular weight is 218 g/mol. The molecule has 0 saturated carbocycles. The van der Waals surface area contributed by atoms with Crippen molar-refractivity contribution in [1.29, 1.82) is 0 Å². The zero-order valence-corrected chi connectivity index (χ0v) is 9.34. The van der Waals surface area contributed by atoms with Gasteiger partial charge in [0.05, 0.1) is 0 Å². The Morgan fingerprint density at radius 2 is 2.00 bits per heavy atom. The Hall–Kier alpha value is -1.91. The summed E-state index contributed by atoms with van der Waals surface area (Å²) in [6, 6.07) is 1.76. The lowest BCUT2D eigenvalue weighted by atomic mass is 10.0. The first-order chi connectivity index (χ1) is 7.68. The first-order valence-corrected chi connectivity index (χ1v) is 5.20. The highest BCUT2D eigenvalue weighted by molar-refractivity contribution is 5.59. The van der Waals surface area contributed by atoms with Crippen molar-refractivity contribution >= 4 is 5.82 Å². The molecule has 0 unspecified atom stereocenters. The van der Waals surface area contributed by atoms with Crippen LogP contribution in [0.2, 0.25) is 0 Å². The quantitative estimate of drug-likeness (QED) is 0.851. The average Bonchev–Trinajstić information content (AvgIpc) is 2.61. The second-order valence-corrected chi connectivity index (χ2v) is 4.05. The molecule has 84 valence electrons. The van der Waals surface area contributed by atoms with Crippen molar-refractivity contribution in [2.24, 2.45) is 5.92 Å². The Kier molecular flexibility index (Phi) is 2.85. The zero-order chi connectivity index (χ0) is 11.5. The number of hydrogen-bond donors (Lipinski definition) is 1. The Morgan fingerprint density at radius 1 is 1.31 bits per heavy atom. The fourth-order valence-electron chi connectivity index (χ4n) is 1.52. The van der Waals surface area contributed by atoms with Crippen molar-refractivity contribution in [3.63, 3.8) is 0 Å². The molecule has 5 nitrogen and oxygen atoms in total. The lowest BCUT2D eigenvalue weighted by molar-refractivity contribution is 0.431. The number of nitrogens with two attached hydrogens (primary N) is 1. The van der Waals surface area contributed by atoms with Gasteiger partial charge in [0.1, 0.15) is 0 Å². The van der Waals surface area contributed by atoms with Gasteiger partial charge in [-0.3, -0.25) is 0 Å². The van der Waals surface area contributed by atoms with E-state index < -0.39 is 0 Å². The molecule has 0 saturated heterocycles. The molecule has 0 fully saturated rings. The van der Waals surface area contributed by atoms with E-state index in [9.17, 15) is 0 Å². The topological polar surface area (TPSA) is 77.8 Å². The van der Waals surface area contributed by atoms with E-state index in [2.05, 4.69) is 29.0 Å². The van der Waals surface area contributed by atoms with Crippen LogP contribution in [0.25, 0.3) is 11.6 Å². The highest BCUT2D eigenvalue weighted by Crippen LogP contribution is 2.26. The summed E-state index contributed by atoms with van der Waals surface area (Å²) in [6.07, 6.45) is 4.14. The standard InChI is InChI=1S/C11H14N4O/c1-7(2)6-8-9(16-15-10(8)12)11-13-4-3-5-14-11/h3-5,7H,6H2,1-2H3,(H2,12,15). The molecule has 0 aliphatic rings. The number of nitrogen functional groups attached to an aromatic ring is 1. The molecule has 2 N–H and O–H groups in total. The second kappa shape index (κ2) is 4.30. The molecule has 5 heteroatoms. The number of nitrogens with zero attached hydrogens (tertiary/aromatic N) is 3. The molecule has 0 bridgehead atoms. The fraction of sp³-hybridized carbons (Fsp3) is 0.364. The summed E-state index contributed by atoms with van der Waals surface area (Å²) < 4.78 is 5.18. The van der Waals surface area contributed by atoms with E-state index in [1.54, 1.807) is 18.5 Å². The van der Waals surface area contributed by atoms with Crippen LogP contribution in [0.5, 0.6) is 0 Å². The van der Waals surface area contributed by atoms with Gasteiger partial charge < -0.3 is 10.3 Å². The maximum absolute atomic E-state index is 5.77.